The second-order valence-electron chi connectivity index (χ2n) is 4.57. The molecule has 0 saturated carbocycles. The number of nitrogens with zero attached hydrogens (tertiary/aromatic N) is 3. The largest absolute Gasteiger partial charge is 0.366 e. The van der Waals surface area contributed by atoms with Crippen LogP contribution >= 0.6 is 11.8 Å². The fourth-order valence-electron chi connectivity index (χ4n) is 2.55. The van der Waals surface area contributed by atoms with E-state index in [1.807, 2.05) is 24.3 Å². The third kappa shape index (κ3) is 1.48. The summed E-state index contributed by atoms with van der Waals surface area (Å²) in [6, 6.07) is 8.03. The van der Waals surface area contributed by atoms with Crippen LogP contribution in [-0.2, 0) is 4.79 Å². The Morgan fingerprint density at radius 3 is 3.05 bits per heavy atom. The molecule has 4 rings (SSSR count). The molecule has 3 heterocycles. The summed E-state index contributed by atoms with van der Waals surface area (Å²) in [6.45, 7) is 0. The first-order chi connectivity index (χ1) is 9.75. The molecule has 2 aromatic rings. The highest BCUT2D eigenvalue weighted by atomic mass is 32.2. The number of anilines is 2. The van der Waals surface area contributed by atoms with Crippen LogP contribution < -0.4 is 10.6 Å². The number of rotatable bonds is 1. The minimum absolute atomic E-state index is 0.146. The van der Waals surface area contributed by atoms with Crippen molar-refractivity contribution in [3.63, 3.8) is 0 Å². The number of aromatic nitrogens is 2. The van der Waals surface area contributed by atoms with Crippen LogP contribution in [0.5, 0.6) is 0 Å². The van der Waals surface area contributed by atoms with Gasteiger partial charge in [-0.3, -0.25) is 4.79 Å². The van der Waals surface area contributed by atoms with Crippen LogP contribution in [0, 0.1) is 0 Å². The van der Waals surface area contributed by atoms with Crippen LogP contribution in [0.3, 0.4) is 0 Å². The molecular formula is C14H10N4OS. The van der Waals surface area contributed by atoms with Gasteiger partial charge in [0, 0.05) is 16.7 Å². The zero-order chi connectivity index (χ0) is 13.7. The molecule has 0 bridgehead atoms. The highest BCUT2D eigenvalue weighted by Crippen LogP contribution is 2.51. The van der Waals surface area contributed by atoms with Crippen LogP contribution in [0.2, 0.25) is 0 Å². The molecule has 0 radical (unpaired) electrons. The van der Waals surface area contributed by atoms with E-state index in [9.17, 15) is 4.79 Å². The summed E-state index contributed by atoms with van der Waals surface area (Å²) < 4.78 is 0. The van der Waals surface area contributed by atoms with Gasteiger partial charge in [-0.15, -0.1) is 0 Å². The molecule has 2 aliphatic heterocycles. The predicted octanol–water partition coefficient (Wildman–Crippen LogP) is 1.93. The van der Waals surface area contributed by atoms with Crippen molar-refractivity contribution in [2.75, 3.05) is 4.90 Å². The second-order valence-corrected chi connectivity index (χ2v) is 5.70. The summed E-state index contributed by atoms with van der Waals surface area (Å²) in [5.41, 5.74) is 7.97. The van der Waals surface area contributed by atoms with Gasteiger partial charge in [-0.05, 0) is 18.2 Å². The number of carbonyl (C=O) groups is 1. The normalized spacial score (nSPS) is 18.9. The SMILES string of the molecule is NC(=O)C1=Cc2cncnc2N2c3ccccc3SC12. The number of nitrogens with two attached hydrogens (primary N) is 1. The molecule has 2 aliphatic rings. The van der Waals surface area contributed by atoms with Gasteiger partial charge >= 0.3 is 0 Å². The van der Waals surface area contributed by atoms with Crippen molar-refractivity contribution in [1.82, 2.24) is 9.97 Å². The first-order valence-corrected chi connectivity index (χ1v) is 7.00. The van der Waals surface area contributed by atoms with Crippen LogP contribution in [-0.4, -0.2) is 21.2 Å². The zero-order valence-corrected chi connectivity index (χ0v) is 11.2. The number of carbonyl (C=O) groups excluding carboxylic acids is 1. The van der Waals surface area contributed by atoms with E-state index >= 15 is 0 Å². The quantitative estimate of drug-likeness (QED) is 0.865. The standard InChI is InChI=1S/C14H10N4OS/c15-12(19)9-5-8-6-16-7-17-13(8)18-10-3-1-2-4-11(10)20-14(9)18/h1-7,14H,(H2,15,19). The van der Waals surface area contributed by atoms with Gasteiger partial charge in [0.1, 0.15) is 17.5 Å². The summed E-state index contributed by atoms with van der Waals surface area (Å²) in [5.74, 6) is 0.405. The van der Waals surface area contributed by atoms with Gasteiger partial charge in [-0.1, -0.05) is 23.9 Å². The van der Waals surface area contributed by atoms with Crippen LogP contribution in [0.15, 0.2) is 47.3 Å². The summed E-state index contributed by atoms with van der Waals surface area (Å²) in [6.07, 6.45) is 5.01. The lowest BCUT2D eigenvalue weighted by atomic mass is 10.1. The third-order valence-electron chi connectivity index (χ3n) is 3.41. The third-order valence-corrected chi connectivity index (χ3v) is 4.69. The van der Waals surface area contributed by atoms with Gasteiger partial charge in [-0.2, -0.15) is 0 Å². The first-order valence-electron chi connectivity index (χ1n) is 6.12. The maximum absolute atomic E-state index is 11.7. The highest BCUT2D eigenvalue weighted by molar-refractivity contribution is 8.00. The molecular weight excluding hydrogens is 272 g/mol. The fourth-order valence-corrected chi connectivity index (χ4v) is 3.87. The van der Waals surface area contributed by atoms with Gasteiger partial charge < -0.3 is 10.6 Å². The molecule has 98 valence electrons. The summed E-state index contributed by atoms with van der Waals surface area (Å²) in [5, 5.41) is -0.146. The van der Waals surface area contributed by atoms with E-state index in [0.717, 1.165) is 22.0 Å². The Kier molecular flexibility index (Phi) is 2.34. The average molecular weight is 282 g/mol. The van der Waals surface area contributed by atoms with Crippen LogP contribution in [0.4, 0.5) is 11.5 Å². The fraction of sp³-hybridized carbons (Fsp3) is 0.0714. The molecule has 20 heavy (non-hydrogen) atoms. The van der Waals surface area contributed by atoms with E-state index in [0.29, 0.717) is 5.57 Å². The number of hydrogen-bond acceptors (Lipinski definition) is 5. The van der Waals surface area contributed by atoms with Gasteiger partial charge in [-0.25, -0.2) is 9.97 Å². The van der Waals surface area contributed by atoms with E-state index in [4.69, 9.17) is 5.73 Å². The lowest BCUT2D eigenvalue weighted by Crippen LogP contribution is -2.35. The number of fused-ring (bicyclic) bond motifs is 5. The van der Waals surface area contributed by atoms with Crippen molar-refractivity contribution in [2.24, 2.45) is 5.73 Å². The smallest absolute Gasteiger partial charge is 0.247 e. The molecule has 1 aromatic heterocycles. The lowest BCUT2D eigenvalue weighted by Gasteiger charge is -2.30. The number of amides is 1. The molecule has 0 aliphatic carbocycles. The molecule has 5 nitrogen and oxygen atoms in total. The molecule has 1 amide bonds. The number of hydrogen-bond donors (Lipinski definition) is 1. The topological polar surface area (TPSA) is 72.1 Å². The molecule has 0 spiro atoms. The van der Waals surface area contributed by atoms with E-state index in [-0.39, 0.29) is 5.37 Å². The molecule has 6 heteroatoms. The van der Waals surface area contributed by atoms with Gasteiger partial charge in [0.05, 0.1) is 11.3 Å². The summed E-state index contributed by atoms with van der Waals surface area (Å²) >= 11 is 1.62. The van der Waals surface area contributed by atoms with Crippen LogP contribution in [0.1, 0.15) is 5.56 Å². The Balaban J connectivity index is 1.98. The number of primary amides is 1. The van der Waals surface area contributed by atoms with Crippen molar-refractivity contribution in [2.45, 2.75) is 10.3 Å². The Morgan fingerprint density at radius 2 is 2.20 bits per heavy atom. The van der Waals surface area contributed by atoms with E-state index in [1.54, 1.807) is 24.0 Å². The van der Waals surface area contributed by atoms with E-state index in [2.05, 4.69) is 14.9 Å². The van der Waals surface area contributed by atoms with Crippen LogP contribution in [0.25, 0.3) is 6.08 Å². The van der Waals surface area contributed by atoms with E-state index in [1.165, 1.54) is 6.33 Å². The monoisotopic (exact) mass is 282 g/mol. The maximum atomic E-state index is 11.7. The van der Waals surface area contributed by atoms with Crippen molar-refractivity contribution >= 4 is 35.3 Å². The predicted molar refractivity (Wildman–Crippen MR) is 77.4 cm³/mol. The Labute approximate surface area is 119 Å². The zero-order valence-electron chi connectivity index (χ0n) is 10.4. The second kappa shape index (κ2) is 4.08. The Bertz CT molecular complexity index is 758. The average Bonchev–Trinajstić information content (AvgIpc) is 2.85. The summed E-state index contributed by atoms with van der Waals surface area (Å²) in [7, 11) is 0. The van der Waals surface area contributed by atoms with Gasteiger partial charge in [0.25, 0.3) is 0 Å². The maximum Gasteiger partial charge on any atom is 0.247 e. The number of benzene rings is 1. The molecule has 0 fully saturated rings. The minimum atomic E-state index is -0.408. The van der Waals surface area contributed by atoms with E-state index < -0.39 is 5.91 Å². The lowest BCUT2D eigenvalue weighted by molar-refractivity contribution is -0.114. The number of thioether (sulfide) groups is 1. The molecule has 1 atom stereocenters. The van der Waals surface area contributed by atoms with Crippen molar-refractivity contribution in [3.05, 3.63) is 47.9 Å². The van der Waals surface area contributed by atoms with Gasteiger partial charge in [0.15, 0.2) is 0 Å². The Hall–Kier alpha value is -2.34. The summed E-state index contributed by atoms with van der Waals surface area (Å²) in [4.78, 5) is 23.3. The van der Waals surface area contributed by atoms with Crippen molar-refractivity contribution in [3.8, 4) is 0 Å². The minimum Gasteiger partial charge on any atom is -0.366 e. The van der Waals surface area contributed by atoms with Crippen molar-refractivity contribution < 1.29 is 4.79 Å². The van der Waals surface area contributed by atoms with Crippen molar-refractivity contribution in [1.29, 1.82) is 0 Å². The van der Waals surface area contributed by atoms with Gasteiger partial charge in [0.2, 0.25) is 5.91 Å². The Morgan fingerprint density at radius 1 is 1.35 bits per heavy atom. The highest BCUT2D eigenvalue weighted by Gasteiger charge is 2.39. The molecule has 0 saturated heterocycles. The molecule has 1 unspecified atom stereocenters. The molecule has 2 N–H and O–H groups in total. The number of para-hydroxylation sites is 1. The molecule has 1 aromatic carbocycles. The first kappa shape index (κ1) is 11.5.